The Bertz CT molecular complexity index is 2170. The lowest BCUT2D eigenvalue weighted by Crippen LogP contribution is -2.63. The molecule has 71 heavy (non-hydrogen) atoms. The number of hydrogen-bond donors (Lipinski definition) is 3. The van der Waals surface area contributed by atoms with E-state index < -0.39 is 102 Å². The zero-order chi connectivity index (χ0) is 52.1. The number of nitrogens with one attached hydrogen (secondary N) is 1. The highest BCUT2D eigenvalue weighted by atomic mass is 19.1. The van der Waals surface area contributed by atoms with Gasteiger partial charge in [-0.05, 0) is 91.5 Å². The van der Waals surface area contributed by atoms with Crippen LogP contribution in [0.25, 0.3) is 11.1 Å². The van der Waals surface area contributed by atoms with Crippen LogP contribution in [0.3, 0.4) is 0 Å². The number of aryl methyl sites for hydroxylation is 1. The largest absolute Gasteiger partial charge is 0.458 e. The number of rotatable bonds is 16. The lowest BCUT2D eigenvalue weighted by molar-refractivity contribution is -0.200. The third-order valence-corrected chi connectivity index (χ3v) is 16.0. The van der Waals surface area contributed by atoms with E-state index in [1.165, 1.54) is 14.0 Å². The predicted molar refractivity (Wildman–Crippen MR) is 261 cm³/mol. The monoisotopic (exact) mass is 996 g/mol. The number of likely N-dealkylation sites (N-methyl/N-ethyl adjacent to an activating group) is 1. The van der Waals surface area contributed by atoms with Crippen molar-refractivity contribution in [2.75, 3.05) is 41.1 Å². The van der Waals surface area contributed by atoms with Gasteiger partial charge in [-0.1, -0.05) is 56.3 Å². The van der Waals surface area contributed by atoms with Gasteiger partial charge >= 0.3 is 11.9 Å². The van der Waals surface area contributed by atoms with Crippen molar-refractivity contribution < 1.29 is 57.1 Å². The highest BCUT2D eigenvalue weighted by Crippen LogP contribution is 2.45. The van der Waals surface area contributed by atoms with Crippen molar-refractivity contribution in [3.63, 3.8) is 0 Å². The molecule has 1 aromatic heterocycles. The normalized spacial score (nSPS) is 36.1. The van der Waals surface area contributed by atoms with E-state index in [1.807, 2.05) is 70.4 Å². The molecule has 0 radical (unpaired) electrons. The van der Waals surface area contributed by atoms with E-state index in [0.717, 1.165) is 22.4 Å². The van der Waals surface area contributed by atoms with Crippen molar-refractivity contribution in [1.29, 1.82) is 0 Å². The number of aliphatic hydroxyl groups excluding tert-OH is 1. The molecule has 1 aromatic carbocycles. The molecule has 0 saturated carbocycles. The minimum absolute atomic E-state index is 0.0339. The molecule has 3 saturated heterocycles. The fourth-order valence-corrected chi connectivity index (χ4v) is 11.5. The summed E-state index contributed by atoms with van der Waals surface area (Å²) in [6, 6.07) is 8.84. The van der Waals surface area contributed by atoms with Crippen LogP contribution in [0.1, 0.15) is 105 Å². The number of aromatic nitrogens is 1. The number of esters is 2. The topological polar surface area (TPSA) is 226 Å². The number of carbonyl (C=O) groups is 4. The number of cyclic esters (lactones) is 1. The molecule has 0 amide bonds. The van der Waals surface area contributed by atoms with Gasteiger partial charge in [0.2, 0.25) is 0 Å². The van der Waals surface area contributed by atoms with Crippen molar-refractivity contribution in [1.82, 2.24) is 20.3 Å². The number of nitrogens with two attached hydrogens (primary N) is 1. The summed E-state index contributed by atoms with van der Waals surface area (Å²) in [6.07, 6.45) is -1.81. The van der Waals surface area contributed by atoms with Crippen LogP contribution in [0.4, 0.5) is 4.39 Å². The number of ether oxygens (including phenoxy) is 6. The molecule has 0 spiro atoms. The summed E-state index contributed by atoms with van der Waals surface area (Å²) in [7, 11) is 4.93. The molecule has 4 aliphatic rings. The summed E-state index contributed by atoms with van der Waals surface area (Å²) < 4.78 is 51.8. The average Bonchev–Trinajstić information content (AvgIpc) is 3.88. The summed E-state index contributed by atoms with van der Waals surface area (Å²) in [5, 5.41) is 22.8. The van der Waals surface area contributed by atoms with Gasteiger partial charge in [0.25, 0.3) is 0 Å². The van der Waals surface area contributed by atoms with E-state index in [9.17, 15) is 24.3 Å². The number of fused-ring (bicyclic) bond motifs is 1. The van der Waals surface area contributed by atoms with Crippen molar-refractivity contribution in [3.8, 4) is 11.1 Å². The number of hydrazine groups is 1. The minimum atomic E-state index is -1.37. The van der Waals surface area contributed by atoms with Crippen LogP contribution in [-0.2, 0) is 47.6 Å². The first-order valence-electron chi connectivity index (χ1n) is 25.1. The summed E-state index contributed by atoms with van der Waals surface area (Å²) in [6.45, 7) is 15.5. The Balaban J connectivity index is 1.14. The number of halogens is 1. The van der Waals surface area contributed by atoms with Crippen molar-refractivity contribution in [2.24, 2.45) is 39.9 Å². The van der Waals surface area contributed by atoms with Gasteiger partial charge in [-0.15, -0.1) is 0 Å². The van der Waals surface area contributed by atoms with E-state index in [-0.39, 0.29) is 55.9 Å². The highest BCUT2D eigenvalue weighted by molar-refractivity contribution is 6.01. The standard InChI is InChI=1S/C52H78FN7O11/c1-13-42-52(9)37(23-43(61)71-52)31(5)45(62)28(2)24-51(8,67-12)49(44(56-54)46(63)32(6)50(65)70-42)68-27-41-47(64)39(22-30(4)69-41)59(10)21-20-38-33(7)60(58-57-38)40(25-53)48(66-11)35-18-16-34(17-19-35)36-15-14-29(3)55-26-36/h14-19,26,28,30-33,37-42,44,47-49,56,64H,13,20-25,27,54H2,1-12H3/t28-,30-,31-,32-,33?,37-,38?,39+,40-,41+,42-,44+,47-,48-,49-,51-,52+/m1/s1. The molecule has 4 N–H and O–H groups in total. The zero-order valence-electron chi connectivity index (χ0n) is 43.6. The smallest absolute Gasteiger partial charge is 0.316 e. The number of pyridine rings is 1. The van der Waals surface area contributed by atoms with Crippen LogP contribution < -0.4 is 11.3 Å². The summed E-state index contributed by atoms with van der Waals surface area (Å²) in [5.41, 5.74) is 3.61. The van der Waals surface area contributed by atoms with Crippen LogP contribution >= 0.6 is 0 Å². The molecule has 0 bridgehead atoms. The van der Waals surface area contributed by atoms with E-state index >= 15 is 4.39 Å². The van der Waals surface area contributed by atoms with Gasteiger partial charge in [-0.3, -0.25) is 35.0 Å². The third-order valence-electron chi connectivity index (χ3n) is 16.0. The van der Waals surface area contributed by atoms with Crippen LogP contribution in [0, 0.1) is 30.6 Å². The lowest BCUT2D eigenvalue weighted by Gasteiger charge is -2.45. The van der Waals surface area contributed by atoms with Gasteiger partial charge in [0.05, 0.1) is 42.9 Å². The predicted octanol–water partition coefficient (Wildman–Crippen LogP) is 5.47. The van der Waals surface area contributed by atoms with Gasteiger partial charge in [-0.25, -0.2) is 9.82 Å². The molecule has 17 atom stereocenters. The quantitative estimate of drug-likeness (QED) is 0.0821. The van der Waals surface area contributed by atoms with Crippen LogP contribution in [0.2, 0.25) is 0 Å². The Kier molecular flexibility index (Phi) is 18.7. The van der Waals surface area contributed by atoms with Crippen molar-refractivity contribution >= 4 is 23.5 Å². The fraction of sp³-hybridized carbons (Fsp3) is 0.712. The maximum absolute atomic E-state index is 15.0. The summed E-state index contributed by atoms with van der Waals surface area (Å²) in [4.78, 5) is 61.9. The summed E-state index contributed by atoms with van der Waals surface area (Å²) >= 11 is 0. The maximum atomic E-state index is 15.0. The lowest BCUT2D eigenvalue weighted by atomic mass is 9.71. The number of hydrogen-bond acceptors (Lipinski definition) is 18. The van der Waals surface area contributed by atoms with Gasteiger partial charge in [0, 0.05) is 62.0 Å². The number of alkyl halides is 1. The van der Waals surface area contributed by atoms with Gasteiger partial charge in [0.1, 0.15) is 60.5 Å². The first kappa shape index (κ1) is 56.0. The average molecular weight is 996 g/mol. The molecule has 3 fully saturated rings. The summed E-state index contributed by atoms with van der Waals surface area (Å²) in [5.74, 6) is 0.718. The molecule has 394 valence electrons. The number of carbonyl (C=O) groups excluding carboxylic acids is 4. The zero-order valence-corrected chi connectivity index (χ0v) is 43.6. The SMILES string of the molecule is CC[C@H]1OC(=O)[C@H](C)C(=O)[C@H](NN)[C@@H](OC[C@@H]2O[C@H](C)C[C@H](N(C)CCC3N=NN([C@H](CF)[C@H](OC)c4ccc(-c5ccc(C)nc5)cc4)C3C)[C@H]2O)[C@](C)(OC)C[C@@H](C)C(=O)[C@H](C)[C@H]2CC(=O)O[C@@]21C. The number of Topliss-reactive ketones (excluding diaryl/α,β-unsaturated/α-hetero) is 2. The number of benzene rings is 1. The van der Waals surface area contributed by atoms with Gasteiger partial charge < -0.3 is 38.4 Å². The first-order valence-corrected chi connectivity index (χ1v) is 25.1. The molecule has 6 rings (SSSR count). The Morgan fingerprint density at radius 3 is 2.32 bits per heavy atom. The molecule has 2 unspecified atom stereocenters. The van der Waals surface area contributed by atoms with E-state index in [2.05, 4.69) is 25.6 Å². The van der Waals surface area contributed by atoms with E-state index in [1.54, 1.807) is 46.7 Å². The third kappa shape index (κ3) is 11.9. The first-order chi connectivity index (χ1) is 33.7. The maximum Gasteiger partial charge on any atom is 0.316 e. The number of ketones is 2. The second-order valence-electron chi connectivity index (χ2n) is 20.8. The molecule has 0 aliphatic carbocycles. The Labute approximate surface area is 418 Å². The number of nitrogens with zero attached hydrogens (tertiary/aromatic N) is 5. The number of methoxy groups -OCH3 is 2. The molecule has 19 heteroatoms. The molecule has 2 aromatic rings. The Morgan fingerprint density at radius 2 is 1.72 bits per heavy atom. The van der Waals surface area contributed by atoms with Crippen molar-refractivity contribution in [2.45, 2.75) is 172 Å². The molecular weight excluding hydrogens is 918 g/mol. The van der Waals surface area contributed by atoms with Crippen LogP contribution in [-0.4, -0.2) is 157 Å². The molecule has 18 nitrogen and oxygen atoms in total. The van der Waals surface area contributed by atoms with E-state index in [0.29, 0.717) is 19.4 Å². The van der Waals surface area contributed by atoms with E-state index in [4.69, 9.17) is 34.3 Å². The minimum Gasteiger partial charge on any atom is -0.458 e. The highest BCUT2D eigenvalue weighted by Gasteiger charge is 2.57. The molecular formula is C52H78FN7O11. The van der Waals surface area contributed by atoms with Gasteiger partial charge in [-0.2, -0.15) is 5.11 Å². The second-order valence-corrected chi connectivity index (χ2v) is 20.8. The molecule has 5 heterocycles. The van der Waals surface area contributed by atoms with Crippen molar-refractivity contribution in [3.05, 3.63) is 53.9 Å². The number of aliphatic hydroxyl groups is 1. The Hall–Kier alpha value is -4.34. The van der Waals surface area contributed by atoms with Crippen LogP contribution in [0.15, 0.2) is 52.9 Å². The second kappa shape index (κ2) is 23.7. The van der Waals surface area contributed by atoms with Gasteiger partial charge in [0.15, 0.2) is 5.78 Å². The molecule has 4 aliphatic heterocycles. The fourth-order valence-electron chi connectivity index (χ4n) is 11.5. The Morgan fingerprint density at radius 1 is 1.03 bits per heavy atom. The van der Waals surface area contributed by atoms with Crippen LogP contribution in [0.5, 0.6) is 0 Å².